The molecule has 0 aliphatic carbocycles. The molecule has 7 heteroatoms. The Bertz CT molecular complexity index is 1430. The van der Waals surface area contributed by atoms with Crippen LogP contribution in [0.5, 0.6) is 0 Å². The molecule has 4 aromatic rings. The minimum Gasteiger partial charge on any atom is -0.334 e. The zero-order valence-electron chi connectivity index (χ0n) is 17.0. The van der Waals surface area contributed by atoms with Gasteiger partial charge < -0.3 is 4.90 Å². The van der Waals surface area contributed by atoms with Gasteiger partial charge in [-0.25, -0.2) is 9.37 Å². The summed E-state index contributed by atoms with van der Waals surface area (Å²) in [5.41, 5.74) is 2.03. The van der Waals surface area contributed by atoms with E-state index in [-0.39, 0.29) is 23.8 Å². The molecule has 0 spiro atoms. The second-order valence-electron chi connectivity index (χ2n) is 7.64. The molecular weight excluding hydrogens is 409 g/mol. The average molecular weight is 427 g/mol. The number of ketones is 1. The summed E-state index contributed by atoms with van der Waals surface area (Å²) in [6.45, 7) is 0.414. The van der Waals surface area contributed by atoms with Crippen LogP contribution in [0.25, 0.3) is 5.65 Å². The van der Waals surface area contributed by atoms with E-state index in [9.17, 15) is 18.8 Å². The van der Waals surface area contributed by atoms with Crippen LogP contribution < -0.4 is 5.56 Å². The van der Waals surface area contributed by atoms with Crippen molar-refractivity contribution in [2.45, 2.75) is 13.0 Å². The molecule has 0 saturated heterocycles. The number of fused-ring (bicyclic) bond motifs is 2. The smallest absolute Gasteiger partial charge is 0.263 e. The van der Waals surface area contributed by atoms with Crippen molar-refractivity contribution in [1.29, 1.82) is 0 Å². The van der Waals surface area contributed by atoms with Gasteiger partial charge in [0.25, 0.3) is 11.5 Å². The largest absolute Gasteiger partial charge is 0.334 e. The molecule has 0 radical (unpaired) electrons. The number of rotatable bonds is 3. The predicted molar refractivity (Wildman–Crippen MR) is 116 cm³/mol. The van der Waals surface area contributed by atoms with Crippen LogP contribution in [0.4, 0.5) is 4.39 Å². The Hall–Kier alpha value is -4.13. The number of benzene rings is 2. The summed E-state index contributed by atoms with van der Waals surface area (Å²) in [5.74, 6) is -1.12. The van der Waals surface area contributed by atoms with E-state index in [4.69, 9.17) is 0 Å². The van der Waals surface area contributed by atoms with Gasteiger partial charge in [-0.1, -0.05) is 48.5 Å². The summed E-state index contributed by atoms with van der Waals surface area (Å²) in [6, 6.07) is 18.2. The van der Waals surface area contributed by atoms with Crippen molar-refractivity contribution in [2.75, 3.05) is 6.54 Å². The quantitative estimate of drug-likeness (QED) is 0.471. The number of aromatic nitrogens is 2. The Morgan fingerprint density at radius 2 is 1.62 bits per heavy atom. The van der Waals surface area contributed by atoms with E-state index in [1.165, 1.54) is 17.0 Å². The van der Waals surface area contributed by atoms with Gasteiger partial charge in [0.05, 0.1) is 23.4 Å². The molecule has 1 aliphatic rings. The number of carbonyl (C=O) groups is 2. The monoisotopic (exact) mass is 427 g/mol. The first-order chi connectivity index (χ1) is 15.5. The number of pyridine rings is 1. The van der Waals surface area contributed by atoms with Crippen LogP contribution in [0.3, 0.4) is 0 Å². The predicted octanol–water partition coefficient (Wildman–Crippen LogP) is 3.26. The Labute approximate surface area is 182 Å². The summed E-state index contributed by atoms with van der Waals surface area (Å²) >= 11 is 0. The highest BCUT2D eigenvalue weighted by molar-refractivity contribution is 6.15. The molecule has 2 aromatic heterocycles. The van der Waals surface area contributed by atoms with Crippen LogP contribution in [-0.4, -0.2) is 32.5 Å². The molecule has 1 amide bonds. The third-order valence-corrected chi connectivity index (χ3v) is 5.66. The molecule has 0 saturated carbocycles. The van der Waals surface area contributed by atoms with Crippen LogP contribution >= 0.6 is 0 Å². The van der Waals surface area contributed by atoms with Crippen LogP contribution in [-0.2, 0) is 13.0 Å². The lowest BCUT2D eigenvalue weighted by atomic mass is 9.96. The number of hydrogen-bond acceptors (Lipinski definition) is 4. The van der Waals surface area contributed by atoms with Gasteiger partial charge in [-0.3, -0.25) is 18.8 Å². The molecule has 0 unspecified atom stereocenters. The van der Waals surface area contributed by atoms with E-state index in [1.54, 1.807) is 48.5 Å². The third-order valence-electron chi connectivity index (χ3n) is 5.66. The van der Waals surface area contributed by atoms with E-state index in [0.29, 0.717) is 41.0 Å². The fourth-order valence-electron chi connectivity index (χ4n) is 4.03. The van der Waals surface area contributed by atoms with Gasteiger partial charge in [0.15, 0.2) is 5.78 Å². The number of amides is 1. The lowest BCUT2D eigenvalue weighted by Crippen LogP contribution is -2.40. The summed E-state index contributed by atoms with van der Waals surface area (Å²) in [6.07, 6.45) is 1.50. The second kappa shape index (κ2) is 7.85. The first-order valence-electron chi connectivity index (χ1n) is 10.2. The van der Waals surface area contributed by atoms with E-state index in [0.717, 1.165) is 10.6 Å². The van der Waals surface area contributed by atoms with Gasteiger partial charge in [-0.2, -0.15) is 0 Å². The van der Waals surface area contributed by atoms with Crippen molar-refractivity contribution in [3.05, 3.63) is 117 Å². The molecule has 0 fully saturated rings. The van der Waals surface area contributed by atoms with E-state index in [1.807, 2.05) is 6.07 Å². The van der Waals surface area contributed by atoms with Crippen LogP contribution in [0.1, 0.15) is 37.5 Å². The number of halogens is 1. The van der Waals surface area contributed by atoms with Gasteiger partial charge in [-0.05, 0) is 18.2 Å². The lowest BCUT2D eigenvalue weighted by molar-refractivity contribution is 0.0728. The fraction of sp³-hybridized carbons (Fsp3) is 0.120. The summed E-state index contributed by atoms with van der Waals surface area (Å²) in [4.78, 5) is 45.4. The van der Waals surface area contributed by atoms with Crippen molar-refractivity contribution in [1.82, 2.24) is 14.3 Å². The number of nitrogens with zero attached hydrogens (tertiary/aromatic N) is 3. The maximum absolute atomic E-state index is 13.7. The molecular formula is C25H18FN3O3. The highest BCUT2D eigenvalue weighted by Crippen LogP contribution is 2.21. The standard InChI is InChI=1S/C25H18FN3O3/c26-17-10-11-22-27-21-12-13-28(15-20(21)25(32)29(22)14-17)24(31)19-9-5-4-8-18(19)23(30)16-6-2-1-3-7-16/h1-11,14H,12-13,15H2. The van der Waals surface area contributed by atoms with Crippen molar-refractivity contribution in [3.8, 4) is 0 Å². The normalized spacial score (nSPS) is 13.1. The maximum Gasteiger partial charge on any atom is 0.263 e. The molecule has 1 aliphatic heterocycles. The molecule has 6 nitrogen and oxygen atoms in total. The van der Waals surface area contributed by atoms with Crippen molar-refractivity contribution in [2.24, 2.45) is 0 Å². The first kappa shape index (κ1) is 19.8. The molecule has 3 heterocycles. The topological polar surface area (TPSA) is 71.8 Å². The van der Waals surface area contributed by atoms with E-state index in [2.05, 4.69) is 4.98 Å². The van der Waals surface area contributed by atoms with E-state index >= 15 is 0 Å². The third kappa shape index (κ3) is 3.37. The van der Waals surface area contributed by atoms with Crippen molar-refractivity contribution < 1.29 is 14.0 Å². The first-order valence-corrected chi connectivity index (χ1v) is 10.2. The second-order valence-corrected chi connectivity index (χ2v) is 7.64. The zero-order valence-corrected chi connectivity index (χ0v) is 17.0. The van der Waals surface area contributed by atoms with Gasteiger partial charge in [-0.15, -0.1) is 0 Å². The zero-order chi connectivity index (χ0) is 22.2. The summed E-state index contributed by atoms with van der Waals surface area (Å²) in [7, 11) is 0. The molecule has 158 valence electrons. The van der Waals surface area contributed by atoms with Crippen LogP contribution in [0.15, 0.2) is 77.7 Å². The number of hydrogen-bond donors (Lipinski definition) is 0. The van der Waals surface area contributed by atoms with E-state index < -0.39 is 11.4 Å². The van der Waals surface area contributed by atoms with Crippen molar-refractivity contribution >= 4 is 17.3 Å². The summed E-state index contributed by atoms with van der Waals surface area (Å²) in [5, 5.41) is 0. The minimum atomic E-state index is -0.543. The fourth-order valence-corrected chi connectivity index (χ4v) is 4.03. The average Bonchev–Trinajstić information content (AvgIpc) is 2.84. The number of carbonyl (C=O) groups excluding carboxylic acids is 2. The SMILES string of the molecule is O=C(c1ccccc1)c1ccccc1C(=O)N1CCc2nc3ccc(F)cn3c(=O)c2C1. The summed E-state index contributed by atoms with van der Waals surface area (Å²) < 4.78 is 14.8. The maximum atomic E-state index is 13.7. The Morgan fingerprint density at radius 3 is 2.41 bits per heavy atom. The molecule has 0 N–H and O–H groups in total. The Morgan fingerprint density at radius 1 is 0.906 bits per heavy atom. The highest BCUT2D eigenvalue weighted by atomic mass is 19.1. The van der Waals surface area contributed by atoms with Gasteiger partial charge in [0, 0.05) is 30.3 Å². The van der Waals surface area contributed by atoms with Crippen LogP contribution in [0, 0.1) is 5.82 Å². The van der Waals surface area contributed by atoms with Gasteiger partial charge >= 0.3 is 0 Å². The molecule has 0 atom stereocenters. The minimum absolute atomic E-state index is 0.0489. The van der Waals surface area contributed by atoms with Crippen molar-refractivity contribution in [3.63, 3.8) is 0 Å². The van der Waals surface area contributed by atoms with Crippen LogP contribution in [0.2, 0.25) is 0 Å². The lowest BCUT2D eigenvalue weighted by Gasteiger charge is -2.28. The Kier molecular flexibility index (Phi) is 4.86. The van der Waals surface area contributed by atoms with Gasteiger partial charge in [0.1, 0.15) is 11.5 Å². The van der Waals surface area contributed by atoms with Gasteiger partial charge in [0.2, 0.25) is 0 Å². The molecule has 2 aromatic carbocycles. The molecule has 32 heavy (non-hydrogen) atoms. The molecule has 5 rings (SSSR count). The highest BCUT2D eigenvalue weighted by Gasteiger charge is 2.28. The molecule has 0 bridgehead atoms. The Balaban J connectivity index is 1.50.